The first-order chi connectivity index (χ1) is 13.5. The van der Waals surface area contributed by atoms with Crippen molar-refractivity contribution in [3.05, 3.63) is 77.9 Å². The van der Waals surface area contributed by atoms with Crippen LogP contribution in [-0.2, 0) is 22.9 Å². The molecule has 0 radical (unpaired) electrons. The molecule has 1 atom stereocenters. The lowest BCUT2D eigenvalue weighted by molar-refractivity contribution is 0.600. The molecule has 6 nitrogen and oxygen atoms in total. The van der Waals surface area contributed by atoms with Gasteiger partial charge in [0.05, 0.1) is 5.75 Å². The van der Waals surface area contributed by atoms with Crippen LogP contribution >= 0.6 is 0 Å². The average Bonchev–Trinajstić information content (AvgIpc) is 3.03. The zero-order valence-corrected chi connectivity index (χ0v) is 16.4. The molecule has 144 valence electrons. The van der Waals surface area contributed by atoms with Crippen molar-refractivity contribution >= 4 is 27.3 Å². The molecule has 0 amide bonds. The summed E-state index contributed by atoms with van der Waals surface area (Å²) in [5, 5.41) is 8.35. The fourth-order valence-corrected chi connectivity index (χ4v) is 4.56. The second kappa shape index (κ2) is 7.59. The Morgan fingerprint density at radius 3 is 2.50 bits per heavy atom. The minimum atomic E-state index is -3.49. The van der Waals surface area contributed by atoms with Gasteiger partial charge in [-0.25, -0.2) is 8.42 Å². The van der Waals surface area contributed by atoms with Crippen LogP contribution in [0.15, 0.2) is 66.7 Å². The number of aryl methyl sites for hydroxylation is 1. The van der Waals surface area contributed by atoms with Crippen LogP contribution in [-0.4, -0.2) is 30.4 Å². The molecule has 0 bridgehead atoms. The third-order valence-corrected chi connectivity index (χ3v) is 6.13. The fraction of sp³-hybridized carbons (Fsp3) is 0.238. The van der Waals surface area contributed by atoms with Gasteiger partial charge in [-0.1, -0.05) is 48.5 Å². The van der Waals surface area contributed by atoms with Crippen LogP contribution in [0, 0.1) is 0 Å². The molecule has 3 aromatic rings. The maximum Gasteiger partial charge on any atom is 0.234 e. The summed E-state index contributed by atoms with van der Waals surface area (Å²) in [7, 11) is -3.49. The Labute approximate surface area is 165 Å². The van der Waals surface area contributed by atoms with E-state index in [9.17, 15) is 8.42 Å². The van der Waals surface area contributed by atoms with Crippen molar-refractivity contribution in [1.29, 1.82) is 0 Å². The second-order valence-corrected chi connectivity index (χ2v) is 8.83. The number of fused-ring (bicyclic) bond motifs is 1. The standard InChI is InChI=1S/C21H22N4O2S/c1-16-15-18-9-5-6-10-19(18)25(16)21-12-11-20(22-23-21)24-28(26,27)14-13-17-7-3-2-4-8-17/h2-12,16H,13-15H2,1H3,(H,22,24). The molecular weight excluding hydrogens is 372 g/mol. The fourth-order valence-electron chi connectivity index (χ4n) is 3.53. The number of rotatable bonds is 6. The summed E-state index contributed by atoms with van der Waals surface area (Å²) in [4.78, 5) is 2.13. The molecule has 0 saturated heterocycles. The van der Waals surface area contributed by atoms with Crippen LogP contribution < -0.4 is 9.62 Å². The van der Waals surface area contributed by atoms with E-state index in [-0.39, 0.29) is 17.6 Å². The van der Waals surface area contributed by atoms with Crippen LogP contribution in [0.4, 0.5) is 17.3 Å². The highest BCUT2D eigenvalue weighted by atomic mass is 32.2. The third-order valence-electron chi connectivity index (χ3n) is 4.87. The summed E-state index contributed by atoms with van der Waals surface area (Å²) >= 11 is 0. The lowest BCUT2D eigenvalue weighted by Crippen LogP contribution is -2.25. The van der Waals surface area contributed by atoms with Gasteiger partial charge < -0.3 is 4.90 Å². The molecule has 1 aromatic heterocycles. The minimum Gasteiger partial charge on any atom is -0.321 e. The largest absolute Gasteiger partial charge is 0.321 e. The molecule has 1 aliphatic heterocycles. The van der Waals surface area contributed by atoms with E-state index in [1.54, 1.807) is 12.1 Å². The summed E-state index contributed by atoms with van der Waals surface area (Å²) in [6.45, 7) is 2.14. The molecule has 2 heterocycles. The van der Waals surface area contributed by atoms with E-state index in [0.717, 1.165) is 17.7 Å². The zero-order chi connectivity index (χ0) is 19.6. The van der Waals surface area contributed by atoms with E-state index in [1.807, 2.05) is 42.5 Å². The van der Waals surface area contributed by atoms with Gasteiger partial charge >= 0.3 is 0 Å². The molecule has 4 rings (SSSR count). The summed E-state index contributed by atoms with van der Waals surface area (Å²) in [6.07, 6.45) is 1.40. The van der Waals surface area contributed by atoms with Gasteiger partial charge in [0.15, 0.2) is 11.6 Å². The molecular formula is C21H22N4O2S. The highest BCUT2D eigenvalue weighted by Gasteiger charge is 2.27. The Morgan fingerprint density at radius 2 is 1.75 bits per heavy atom. The van der Waals surface area contributed by atoms with Crippen molar-refractivity contribution in [2.45, 2.75) is 25.8 Å². The van der Waals surface area contributed by atoms with E-state index in [1.165, 1.54) is 5.56 Å². The van der Waals surface area contributed by atoms with Crippen LogP contribution in [0.2, 0.25) is 0 Å². The number of hydrogen-bond donors (Lipinski definition) is 1. The van der Waals surface area contributed by atoms with Crippen molar-refractivity contribution < 1.29 is 8.42 Å². The lowest BCUT2D eigenvalue weighted by atomic mass is 10.1. The molecule has 1 unspecified atom stereocenters. The molecule has 28 heavy (non-hydrogen) atoms. The number of hydrogen-bond acceptors (Lipinski definition) is 5. The minimum absolute atomic E-state index is 0.00300. The Kier molecular flexibility index (Phi) is 5.00. The van der Waals surface area contributed by atoms with Crippen molar-refractivity contribution in [2.75, 3.05) is 15.4 Å². The smallest absolute Gasteiger partial charge is 0.234 e. The number of nitrogens with zero attached hydrogens (tertiary/aromatic N) is 3. The van der Waals surface area contributed by atoms with Gasteiger partial charge in [0.25, 0.3) is 0 Å². The van der Waals surface area contributed by atoms with Gasteiger partial charge in [-0.2, -0.15) is 0 Å². The number of para-hydroxylation sites is 1. The first-order valence-electron chi connectivity index (χ1n) is 9.27. The first-order valence-corrected chi connectivity index (χ1v) is 10.9. The highest BCUT2D eigenvalue weighted by Crippen LogP contribution is 2.36. The van der Waals surface area contributed by atoms with E-state index in [2.05, 4.69) is 38.9 Å². The van der Waals surface area contributed by atoms with E-state index < -0.39 is 10.0 Å². The average molecular weight is 395 g/mol. The Morgan fingerprint density at radius 1 is 1.00 bits per heavy atom. The normalized spacial score (nSPS) is 16.0. The molecule has 2 aromatic carbocycles. The molecule has 0 spiro atoms. The van der Waals surface area contributed by atoms with Crippen LogP contribution in [0.1, 0.15) is 18.1 Å². The monoisotopic (exact) mass is 394 g/mol. The predicted octanol–water partition coefficient (Wildman–Crippen LogP) is 3.54. The maximum atomic E-state index is 12.3. The van der Waals surface area contributed by atoms with Crippen LogP contribution in [0.25, 0.3) is 0 Å². The predicted molar refractivity (Wildman–Crippen MR) is 111 cm³/mol. The van der Waals surface area contributed by atoms with Gasteiger partial charge in [0.2, 0.25) is 10.0 Å². The Hall–Kier alpha value is -2.93. The summed E-state index contributed by atoms with van der Waals surface area (Å²) in [5.74, 6) is 0.943. The van der Waals surface area contributed by atoms with Crippen LogP contribution in [0.3, 0.4) is 0 Å². The van der Waals surface area contributed by atoms with E-state index >= 15 is 0 Å². The highest BCUT2D eigenvalue weighted by molar-refractivity contribution is 7.92. The zero-order valence-electron chi connectivity index (χ0n) is 15.6. The maximum absolute atomic E-state index is 12.3. The van der Waals surface area contributed by atoms with E-state index in [0.29, 0.717) is 12.2 Å². The summed E-state index contributed by atoms with van der Waals surface area (Å²) in [6, 6.07) is 21.5. The molecule has 1 N–H and O–H groups in total. The number of anilines is 3. The van der Waals surface area contributed by atoms with Crippen molar-refractivity contribution in [1.82, 2.24) is 10.2 Å². The van der Waals surface area contributed by atoms with E-state index in [4.69, 9.17) is 0 Å². The van der Waals surface area contributed by atoms with Crippen LogP contribution in [0.5, 0.6) is 0 Å². The number of sulfonamides is 1. The molecule has 0 fully saturated rings. The van der Waals surface area contributed by atoms with Gasteiger partial charge in [0, 0.05) is 11.7 Å². The second-order valence-electron chi connectivity index (χ2n) is 6.99. The van der Waals surface area contributed by atoms with Crippen molar-refractivity contribution in [2.24, 2.45) is 0 Å². The van der Waals surface area contributed by atoms with Gasteiger partial charge in [-0.3, -0.25) is 4.72 Å². The Bertz CT molecular complexity index is 1050. The number of benzene rings is 2. The molecule has 0 aliphatic carbocycles. The SMILES string of the molecule is CC1Cc2ccccc2N1c1ccc(NS(=O)(=O)CCc2ccccc2)nn1. The summed E-state index contributed by atoms with van der Waals surface area (Å²) < 4.78 is 27.2. The van der Waals surface area contributed by atoms with Crippen molar-refractivity contribution in [3.8, 4) is 0 Å². The van der Waals surface area contributed by atoms with Gasteiger partial charge in [-0.05, 0) is 49.1 Å². The van der Waals surface area contributed by atoms with Crippen molar-refractivity contribution in [3.63, 3.8) is 0 Å². The topological polar surface area (TPSA) is 75.2 Å². The quantitative estimate of drug-likeness (QED) is 0.692. The summed E-state index contributed by atoms with van der Waals surface area (Å²) in [5.41, 5.74) is 3.39. The Balaban J connectivity index is 1.45. The third kappa shape index (κ3) is 3.99. The van der Waals surface area contributed by atoms with Gasteiger partial charge in [-0.15, -0.1) is 10.2 Å². The first kappa shape index (κ1) is 18.4. The number of nitrogens with one attached hydrogen (secondary N) is 1. The van der Waals surface area contributed by atoms with Gasteiger partial charge in [0.1, 0.15) is 0 Å². The molecule has 7 heteroatoms. The lowest BCUT2D eigenvalue weighted by Gasteiger charge is -2.23. The molecule has 1 aliphatic rings. The number of aromatic nitrogens is 2. The molecule has 0 saturated carbocycles.